The molecule has 0 amide bonds. The summed E-state index contributed by atoms with van der Waals surface area (Å²) < 4.78 is 11.3. The summed E-state index contributed by atoms with van der Waals surface area (Å²) in [4.78, 5) is 4.63. The zero-order valence-corrected chi connectivity index (χ0v) is 17.4. The molecule has 0 bridgehead atoms. The highest BCUT2D eigenvalue weighted by Gasteiger charge is 2.26. The zero-order chi connectivity index (χ0) is 21.1. The van der Waals surface area contributed by atoms with Crippen LogP contribution in [0.25, 0.3) is 22.8 Å². The standard InChI is InChI=1S/C23H28N4O3/c1-14(2)13-29-21-9-6-15(12-19(21)24)23-26-22(27-30-23)18-5-3-4-17-16(18)7-8-20(17)25-10-11-28/h3-6,9,12,14,20,25,28H,7-8,10-11,13,24H2,1-2H3. The first-order valence-electron chi connectivity index (χ1n) is 10.4. The molecule has 0 saturated carbocycles. The average molecular weight is 409 g/mol. The number of nitrogens with two attached hydrogens (primary N) is 1. The monoisotopic (exact) mass is 408 g/mol. The van der Waals surface area contributed by atoms with Crippen molar-refractivity contribution < 1.29 is 14.4 Å². The molecule has 0 radical (unpaired) electrons. The first-order valence-corrected chi connectivity index (χ1v) is 10.4. The van der Waals surface area contributed by atoms with Crippen molar-refractivity contribution in [2.75, 3.05) is 25.5 Å². The van der Waals surface area contributed by atoms with Crippen LogP contribution < -0.4 is 15.8 Å². The third kappa shape index (κ3) is 4.17. The first kappa shape index (κ1) is 20.4. The number of fused-ring (bicyclic) bond motifs is 1. The summed E-state index contributed by atoms with van der Waals surface area (Å²) in [6.45, 7) is 5.51. The van der Waals surface area contributed by atoms with Crippen LogP contribution in [0.15, 0.2) is 40.9 Å². The quantitative estimate of drug-likeness (QED) is 0.489. The number of hydrogen-bond acceptors (Lipinski definition) is 7. The van der Waals surface area contributed by atoms with Gasteiger partial charge < -0.3 is 25.4 Å². The molecule has 30 heavy (non-hydrogen) atoms. The van der Waals surface area contributed by atoms with Crippen LogP contribution in [0.1, 0.15) is 37.4 Å². The van der Waals surface area contributed by atoms with Gasteiger partial charge in [-0.1, -0.05) is 37.2 Å². The second kappa shape index (κ2) is 8.85. The van der Waals surface area contributed by atoms with Crippen molar-refractivity contribution in [1.82, 2.24) is 15.5 Å². The Morgan fingerprint density at radius 1 is 1.30 bits per heavy atom. The molecule has 1 aliphatic carbocycles. The van der Waals surface area contributed by atoms with Crippen LogP contribution in [0.5, 0.6) is 5.75 Å². The van der Waals surface area contributed by atoms with Gasteiger partial charge >= 0.3 is 0 Å². The van der Waals surface area contributed by atoms with E-state index in [9.17, 15) is 0 Å². The van der Waals surface area contributed by atoms with Crippen molar-refractivity contribution in [1.29, 1.82) is 0 Å². The minimum Gasteiger partial charge on any atom is -0.491 e. The third-order valence-corrected chi connectivity index (χ3v) is 5.27. The number of ether oxygens (including phenoxy) is 1. The van der Waals surface area contributed by atoms with E-state index in [1.54, 1.807) is 6.07 Å². The van der Waals surface area contributed by atoms with Crippen molar-refractivity contribution >= 4 is 5.69 Å². The van der Waals surface area contributed by atoms with E-state index in [2.05, 4.69) is 35.4 Å². The Bertz CT molecular complexity index is 1020. The molecule has 158 valence electrons. The number of anilines is 1. The maximum atomic E-state index is 9.10. The van der Waals surface area contributed by atoms with Crippen LogP contribution in [0.3, 0.4) is 0 Å². The molecular weight excluding hydrogens is 380 g/mol. The number of aliphatic hydroxyl groups is 1. The van der Waals surface area contributed by atoms with Crippen LogP contribution in [-0.2, 0) is 6.42 Å². The molecule has 4 N–H and O–H groups in total. The molecule has 3 aromatic rings. The van der Waals surface area contributed by atoms with E-state index < -0.39 is 0 Å². The molecule has 7 heteroatoms. The van der Waals surface area contributed by atoms with Crippen LogP contribution >= 0.6 is 0 Å². The molecule has 0 fully saturated rings. The number of benzene rings is 2. The number of rotatable bonds is 8. The first-order chi connectivity index (χ1) is 14.6. The van der Waals surface area contributed by atoms with Crippen molar-refractivity contribution in [3.05, 3.63) is 47.5 Å². The van der Waals surface area contributed by atoms with Gasteiger partial charge in [-0.2, -0.15) is 4.98 Å². The summed E-state index contributed by atoms with van der Waals surface area (Å²) in [6, 6.07) is 11.9. The van der Waals surface area contributed by atoms with E-state index in [1.165, 1.54) is 11.1 Å². The topological polar surface area (TPSA) is 106 Å². The lowest BCUT2D eigenvalue weighted by Crippen LogP contribution is -2.22. The van der Waals surface area contributed by atoms with Crippen LogP contribution in [0.2, 0.25) is 0 Å². The Kier molecular flexibility index (Phi) is 6.01. The summed E-state index contributed by atoms with van der Waals surface area (Å²) >= 11 is 0. The number of hydrogen-bond donors (Lipinski definition) is 3. The number of nitrogen functional groups attached to an aromatic ring is 1. The molecule has 7 nitrogen and oxygen atoms in total. The summed E-state index contributed by atoms with van der Waals surface area (Å²) in [5, 5.41) is 16.7. The summed E-state index contributed by atoms with van der Waals surface area (Å²) in [6.07, 6.45) is 1.93. The van der Waals surface area contributed by atoms with Gasteiger partial charge in [0, 0.05) is 23.7 Å². The maximum absolute atomic E-state index is 9.10. The van der Waals surface area contributed by atoms with Gasteiger partial charge in [-0.05, 0) is 48.1 Å². The second-order valence-electron chi connectivity index (χ2n) is 8.02. The Morgan fingerprint density at radius 3 is 2.93 bits per heavy atom. The predicted octanol–water partition coefficient (Wildman–Crippen LogP) is 3.59. The summed E-state index contributed by atoms with van der Waals surface area (Å²) in [5.74, 6) is 2.09. The Hall–Kier alpha value is -2.90. The Balaban J connectivity index is 1.57. The molecular formula is C23H28N4O3. The van der Waals surface area contributed by atoms with E-state index in [0.29, 0.717) is 42.2 Å². The lowest BCUT2D eigenvalue weighted by molar-refractivity contribution is 0.272. The van der Waals surface area contributed by atoms with Crippen LogP contribution in [0, 0.1) is 5.92 Å². The van der Waals surface area contributed by atoms with Crippen LogP contribution in [0.4, 0.5) is 5.69 Å². The molecule has 1 atom stereocenters. The van der Waals surface area contributed by atoms with E-state index in [1.807, 2.05) is 24.3 Å². The van der Waals surface area contributed by atoms with Crippen molar-refractivity contribution in [2.24, 2.45) is 5.92 Å². The van der Waals surface area contributed by atoms with Gasteiger partial charge in [-0.15, -0.1) is 0 Å². The molecule has 1 heterocycles. The third-order valence-electron chi connectivity index (χ3n) is 5.27. The van der Waals surface area contributed by atoms with E-state index in [0.717, 1.165) is 24.0 Å². The predicted molar refractivity (Wildman–Crippen MR) is 116 cm³/mol. The number of aromatic nitrogens is 2. The minimum atomic E-state index is 0.129. The molecule has 0 saturated heterocycles. The molecule has 1 unspecified atom stereocenters. The smallest absolute Gasteiger partial charge is 0.258 e. The van der Waals surface area contributed by atoms with Crippen molar-refractivity contribution in [3.8, 4) is 28.6 Å². The fraction of sp³-hybridized carbons (Fsp3) is 0.391. The molecule has 0 spiro atoms. The van der Waals surface area contributed by atoms with E-state index in [4.69, 9.17) is 20.1 Å². The zero-order valence-electron chi connectivity index (χ0n) is 17.4. The van der Waals surface area contributed by atoms with Gasteiger partial charge in [0.25, 0.3) is 5.89 Å². The second-order valence-corrected chi connectivity index (χ2v) is 8.02. The van der Waals surface area contributed by atoms with E-state index in [-0.39, 0.29) is 12.6 Å². The number of aliphatic hydroxyl groups excluding tert-OH is 1. The van der Waals surface area contributed by atoms with Gasteiger partial charge in [0.05, 0.1) is 18.9 Å². The average Bonchev–Trinajstić information content (AvgIpc) is 3.38. The fourth-order valence-electron chi connectivity index (χ4n) is 3.83. The van der Waals surface area contributed by atoms with Gasteiger partial charge in [0.15, 0.2) is 0 Å². The molecule has 2 aromatic carbocycles. The largest absolute Gasteiger partial charge is 0.491 e. The van der Waals surface area contributed by atoms with Crippen molar-refractivity contribution in [3.63, 3.8) is 0 Å². The number of nitrogens with zero attached hydrogens (tertiary/aromatic N) is 2. The molecule has 0 aliphatic heterocycles. The van der Waals surface area contributed by atoms with E-state index >= 15 is 0 Å². The lowest BCUT2D eigenvalue weighted by Gasteiger charge is -2.13. The SMILES string of the molecule is CC(C)COc1ccc(-c2nc(-c3cccc4c3CCC4NCCO)no2)cc1N. The Labute approximate surface area is 176 Å². The maximum Gasteiger partial charge on any atom is 0.258 e. The lowest BCUT2D eigenvalue weighted by atomic mass is 10.0. The molecule has 4 rings (SSSR count). The highest BCUT2D eigenvalue weighted by atomic mass is 16.5. The molecule has 1 aromatic heterocycles. The van der Waals surface area contributed by atoms with Gasteiger partial charge in [-0.3, -0.25) is 0 Å². The molecule has 1 aliphatic rings. The Morgan fingerprint density at radius 2 is 2.17 bits per heavy atom. The van der Waals surface area contributed by atoms with Crippen LogP contribution in [-0.4, -0.2) is 35.0 Å². The fourth-order valence-corrected chi connectivity index (χ4v) is 3.83. The van der Waals surface area contributed by atoms with Crippen molar-refractivity contribution in [2.45, 2.75) is 32.7 Å². The highest BCUT2D eigenvalue weighted by molar-refractivity contribution is 5.69. The highest BCUT2D eigenvalue weighted by Crippen LogP contribution is 2.37. The normalized spacial score (nSPS) is 15.5. The summed E-state index contributed by atoms with van der Waals surface area (Å²) in [5.41, 5.74) is 10.9. The summed E-state index contributed by atoms with van der Waals surface area (Å²) in [7, 11) is 0. The minimum absolute atomic E-state index is 0.129. The van der Waals surface area contributed by atoms with Gasteiger partial charge in [-0.25, -0.2) is 0 Å². The van der Waals surface area contributed by atoms with Gasteiger partial charge in [0.2, 0.25) is 5.82 Å². The van der Waals surface area contributed by atoms with Gasteiger partial charge in [0.1, 0.15) is 5.75 Å². The number of nitrogens with one attached hydrogen (secondary N) is 1.